The molecule has 3 aromatic carbocycles. The average Bonchev–Trinajstić information content (AvgIpc) is 3.00. The van der Waals surface area contributed by atoms with Gasteiger partial charge in [0, 0.05) is 36.0 Å². The third kappa shape index (κ3) is 2.59. The van der Waals surface area contributed by atoms with Crippen molar-refractivity contribution in [2.75, 3.05) is 0 Å². The highest BCUT2D eigenvalue weighted by atomic mass is 79.9. The SMILES string of the molecule is Clc1ccc(C2Oc3cc(Br)ccc3-c3[nH]c4ccc(Br)cc4c32)cc1. The molecule has 2 nitrogen and oxygen atoms in total. The fourth-order valence-electron chi connectivity index (χ4n) is 3.53. The second kappa shape index (κ2) is 6.15. The normalized spacial score (nSPS) is 15.4. The van der Waals surface area contributed by atoms with Crippen LogP contribution in [0.4, 0.5) is 0 Å². The minimum Gasteiger partial charge on any atom is -0.480 e. The molecule has 0 bridgehead atoms. The molecule has 5 rings (SSSR count). The number of benzene rings is 3. The van der Waals surface area contributed by atoms with Gasteiger partial charge in [-0.05, 0) is 54.1 Å². The molecule has 1 N–H and O–H groups in total. The fraction of sp³-hybridized carbons (Fsp3) is 0.0476. The van der Waals surface area contributed by atoms with Gasteiger partial charge in [-0.2, -0.15) is 0 Å². The molecule has 0 aliphatic carbocycles. The Bertz CT molecular complexity index is 1150. The molecule has 0 fully saturated rings. The van der Waals surface area contributed by atoms with E-state index in [-0.39, 0.29) is 6.10 Å². The van der Waals surface area contributed by atoms with Crippen molar-refractivity contribution in [3.05, 3.63) is 85.8 Å². The molecule has 1 aromatic heterocycles. The van der Waals surface area contributed by atoms with Crippen molar-refractivity contribution >= 4 is 54.4 Å². The summed E-state index contributed by atoms with van der Waals surface area (Å²) in [5.41, 5.74) is 5.49. The van der Waals surface area contributed by atoms with Crippen LogP contribution < -0.4 is 4.74 Å². The van der Waals surface area contributed by atoms with Crippen molar-refractivity contribution in [1.82, 2.24) is 4.98 Å². The summed E-state index contributed by atoms with van der Waals surface area (Å²) in [5, 5.41) is 1.87. The largest absolute Gasteiger partial charge is 0.480 e. The Morgan fingerprint density at radius 1 is 0.885 bits per heavy atom. The van der Waals surface area contributed by atoms with E-state index in [1.54, 1.807) is 0 Å². The van der Waals surface area contributed by atoms with Crippen LogP contribution in [0.2, 0.25) is 5.02 Å². The van der Waals surface area contributed by atoms with E-state index in [0.29, 0.717) is 0 Å². The van der Waals surface area contributed by atoms with Gasteiger partial charge in [0.15, 0.2) is 6.10 Å². The lowest BCUT2D eigenvalue weighted by atomic mass is 9.93. The summed E-state index contributed by atoms with van der Waals surface area (Å²) in [6.07, 6.45) is -0.202. The van der Waals surface area contributed by atoms with Gasteiger partial charge in [-0.3, -0.25) is 0 Å². The minimum atomic E-state index is -0.202. The lowest BCUT2D eigenvalue weighted by Gasteiger charge is -2.27. The van der Waals surface area contributed by atoms with Gasteiger partial charge in [0.05, 0.1) is 5.69 Å². The molecule has 0 radical (unpaired) electrons. The molecule has 128 valence electrons. The molecular formula is C21H12Br2ClNO. The van der Waals surface area contributed by atoms with E-state index in [1.165, 1.54) is 0 Å². The van der Waals surface area contributed by atoms with Crippen LogP contribution in [0.25, 0.3) is 22.2 Å². The Balaban J connectivity index is 1.82. The van der Waals surface area contributed by atoms with Crippen molar-refractivity contribution < 1.29 is 4.74 Å². The molecule has 0 saturated carbocycles. The van der Waals surface area contributed by atoms with Crippen LogP contribution in [0, 0.1) is 0 Å². The van der Waals surface area contributed by atoms with Crippen molar-refractivity contribution in [2.45, 2.75) is 6.10 Å². The summed E-state index contributed by atoms with van der Waals surface area (Å²) in [4.78, 5) is 3.59. The third-order valence-electron chi connectivity index (χ3n) is 4.69. The molecule has 0 amide bonds. The maximum atomic E-state index is 6.46. The summed E-state index contributed by atoms with van der Waals surface area (Å²) < 4.78 is 8.50. The van der Waals surface area contributed by atoms with Gasteiger partial charge in [0.2, 0.25) is 0 Å². The van der Waals surface area contributed by atoms with E-state index >= 15 is 0 Å². The van der Waals surface area contributed by atoms with E-state index < -0.39 is 0 Å². The van der Waals surface area contributed by atoms with E-state index in [0.717, 1.165) is 53.0 Å². The third-order valence-corrected chi connectivity index (χ3v) is 5.93. The van der Waals surface area contributed by atoms with Gasteiger partial charge >= 0.3 is 0 Å². The lowest BCUT2D eigenvalue weighted by molar-refractivity contribution is 0.245. The number of halogens is 3. The Hall–Kier alpha value is -1.75. The van der Waals surface area contributed by atoms with Crippen LogP contribution >= 0.6 is 43.5 Å². The second-order valence-corrected chi connectivity index (χ2v) is 8.56. The zero-order valence-corrected chi connectivity index (χ0v) is 17.3. The number of ether oxygens (including phenoxy) is 1. The molecule has 4 aromatic rings. The van der Waals surface area contributed by atoms with E-state index in [9.17, 15) is 0 Å². The molecule has 2 heterocycles. The van der Waals surface area contributed by atoms with E-state index in [2.05, 4.69) is 55.0 Å². The number of aromatic amines is 1. The van der Waals surface area contributed by atoms with Crippen LogP contribution in [0.3, 0.4) is 0 Å². The lowest BCUT2D eigenvalue weighted by Crippen LogP contribution is -2.14. The van der Waals surface area contributed by atoms with E-state index in [1.807, 2.05) is 42.5 Å². The Morgan fingerprint density at radius 2 is 1.62 bits per heavy atom. The van der Waals surface area contributed by atoms with Gasteiger partial charge in [0.25, 0.3) is 0 Å². The predicted octanol–water partition coefficient (Wildman–Crippen LogP) is 7.50. The van der Waals surface area contributed by atoms with E-state index in [4.69, 9.17) is 16.3 Å². The monoisotopic (exact) mass is 487 g/mol. The topological polar surface area (TPSA) is 25.0 Å². The van der Waals surface area contributed by atoms with Gasteiger partial charge in [0.1, 0.15) is 5.75 Å². The Labute approximate surface area is 172 Å². The molecule has 1 atom stereocenters. The average molecular weight is 490 g/mol. The number of aromatic nitrogens is 1. The zero-order valence-electron chi connectivity index (χ0n) is 13.4. The van der Waals surface area contributed by atoms with Gasteiger partial charge in [-0.1, -0.05) is 55.6 Å². The number of nitrogens with one attached hydrogen (secondary N) is 1. The Morgan fingerprint density at radius 3 is 2.42 bits per heavy atom. The highest BCUT2D eigenvalue weighted by Gasteiger charge is 2.31. The number of rotatable bonds is 1. The summed E-state index contributed by atoms with van der Waals surface area (Å²) >= 11 is 13.2. The standard InChI is InChI=1S/C21H12Br2ClNO/c22-12-4-8-17-16(9-12)19-20(25-17)15-7-3-13(23)10-18(15)26-21(19)11-1-5-14(24)6-2-11/h1-10,21,25H. The van der Waals surface area contributed by atoms with Gasteiger partial charge in [-0.25, -0.2) is 0 Å². The minimum absolute atomic E-state index is 0.202. The molecule has 1 unspecified atom stereocenters. The van der Waals surface area contributed by atoms with Gasteiger partial charge < -0.3 is 9.72 Å². The first-order chi connectivity index (χ1) is 12.6. The van der Waals surface area contributed by atoms with Crippen LogP contribution in [0.5, 0.6) is 5.75 Å². The summed E-state index contributed by atoms with van der Waals surface area (Å²) in [6.45, 7) is 0. The second-order valence-electron chi connectivity index (χ2n) is 6.29. The van der Waals surface area contributed by atoms with Crippen molar-refractivity contribution in [2.24, 2.45) is 0 Å². The molecule has 5 heteroatoms. The quantitative estimate of drug-likeness (QED) is 0.294. The molecule has 0 spiro atoms. The van der Waals surface area contributed by atoms with Crippen LogP contribution in [-0.2, 0) is 0 Å². The zero-order chi connectivity index (χ0) is 17.8. The smallest absolute Gasteiger partial charge is 0.152 e. The molecule has 0 saturated heterocycles. The first-order valence-electron chi connectivity index (χ1n) is 8.13. The number of fused-ring (bicyclic) bond motifs is 5. The molecule has 1 aliphatic rings. The predicted molar refractivity (Wildman–Crippen MR) is 113 cm³/mol. The molecular weight excluding hydrogens is 477 g/mol. The maximum absolute atomic E-state index is 6.46. The highest BCUT2D eigenvalue weighted by Crippen LogP contribution is 2.48. The highest BCUT2D eigenvalue weighted by molar-refractivity contribution is 9.10. The van der Waals surface area contributed by atoms with Crippen LogP contribution in [0.1, 0.15) is 17.2 Å². The number of H-pyrrole nitrogens is 1. The van der Waals surface area contributed by atoms with Crippen molar-refractivity contribution in [3.8, 4) is 17.0 Å². The van der Waals surface area contributed by atoms with Crippen LogP contribution in [0.15, 0.2) is 69.6 Å². The molecule has 1 aliphatic heterocycles. The first kappa shape index (κ1) is 16.4. The van der Waals surface area contributed by atoms with Crippen molar-refractivity contribution in [3.63, 3.8) is 0 Å². The summed E-state index contributed by atoms with van der Waals surface area (Å²) in [7, 11) is 0. The van der Waals surface area contributed by atoms with Gasteiger partial charge in [-0.15, -0.1) is 0 Å². The molecule has 26 heavy (non-hydrogen) atoms. The maximum Gasteiger partial charge on any atom is 0.152 e. The number of hydrogen-bond donors (Lipinski definition) is 1. The number of hydrogen-bond acceptors (Lipinski definition) is 1. The Kier molecular flexibility index (Phi) is 3.89. The first-order valence-corrected chi connectivity index (χ1v) is 10.1. The van der Waals surface area contributed by atoms with Crippen molar-refractivity contribution in [1.29, 1.82) is 0 Å². The fourth-order valence-corrected chi connectivity index (χ4v) is 4.36. The van der Waals surface area contributed by atoms with Crippen LogP contribution in [-0.4, -0.2) is 4.98 Å². The summed E-state index contributed by atoms with van der Waals surface area (Å²) in [6, 6.07) is 20.3. The summed E-state index contributed by atoms with van der Waals surface area (Å²) in [5.74, 6) is 0.859.